The van der Waals surface area contributed by atoms with E-state index in [0.29, 0.717) is 13.1 Å². The number of anilines is 1. The number of halogens is 1. The van der Waals surface area contributed by atoms with E-state index in [0.717, 1.165) is 30.6 Å². The molecule has 2 heterocycles. The minimum Gasteiger partial charge on any atom is -0.465 e. The van der Waals surface area contributed by atoms with Crippen LogP contribution in [-0.2, 0) is 5.41 Å². The lowest BCUT2D eigenvalue weighted by Gasteiger charge is -2.38. The third-order valence-electron chi connectivity index (χ3n) is 4.47. The first-order valence-corrected chi connectivity index (χ1v) is 6.51. The third kappa shape index (κ3) is 1.84. The fraction of sp³-hybridized carbons (Fsp3) is 0.500. The van der Waals surface area contributed by atoms with Gasteiger partial charge in [-0.05, 0) is 36.6 Å². The lowest BCUT2D eigenvalue weighted by atomic mass is 9.74. The smallest absolute Gasteiger partial charge is 0.407 e. The van der Waals surface area contributed by atoms with Gasteiger partial charge in [0, 0.05) is 37.8 Å². The Morgan fingerprint density at radius 1 is 1.37 bits per heavy atom. The molecule has 102 valence electrons. The molecule has 1 aromatic carbocycles. The Hall–Kier alpha value is -1.78. The summed E-state index contributed by atoms with van der Waals surface area (Å²) in [5.74, 6) is -0.214. The number of carboxylic acid groups (broad SMARTS) is 1. The van der Waals surface area contributed by atoms with Crippen LogP contribution >= 0.6 is 0 Å². The summed E-state index contributed by atoms with van der Waals surface area (Å²) in [5.41, 5.74) is 2.03. The largest absolute Gasteiger partial charge is 0.465 e. The van der Waals surface area contributed by atoms with Crippen LogP contribution in [0, 0.1) is 5.82 Å². The summed E-state index contributed by atoms with van der Waals surface area (Å²) < 4.78 is 13.5. The van der Waals surface area contributed by atoms with Crippen LogP contribution in [0.4, 0.5) is 14.9 Å². The number of benzene rings is 1. The number of fused-ring (bicyclic) bond motifs is 2. The molecule has 1 N–H and O–H groups in total. The molecule has 19 heavy (non-hydrogen) atoms. The van der Waals surface area contributed by atoms with Gasteiger partial charge in [0.25, 0.3) is 0 Å². The van der Waals surface area contributed by atoms with Crippen LogP contribution in [0.2, 0.25) is 0 Å². The number of carbonyl (C=O) groups is 1. The zero-order chi connectivity index (χ0) is 13.6. The topological polar surface area (TPSA) is 43.8 Å². The number of nitrogens with zero attached hydrogens (tertiary/aromatic N) is 2. The van der Waals surface area contributed by atoms with Crippen molar-refractivity contribution in [2.45, 2.75) is 18.3 Å². The number of hydrogen-bond donors (Lipinski definition) is 1. The number of likely N-dealkylation sites (N-methyl/N-ethyl adjacent to an activating group) is 1. The van der Waals surface area contributed by atoms with E-state index in [2.05, 4.69) is 4.90 Å². The van der Waals surface area contributed by atoms with Crippen molar-refractivity contribution in [3.8, 4) is 0 Å². The zero-order valence-corrected chi connectivity index (χ0v) is 10.9. The van der Waals surface area contributed by atoms with Crippen molar-refractivity contribution < 1.29 is 14.3 Å². The van der Waals surface area contributed by atoms with Gasteiger partial charge in [-0.15, -0.1) is 0 Å². The Balaban J connectivity index is 1.92. The molecule has 5 heteroatoms. The molecule has 0 bridgehead atoms. The molecule has 3 rings (SSSR count). The van der Waals surface area contributed by atoms with Crippen molar-refractivity contribution in [2.24, 2.45) is 0 Å². The average Bonchev–Trinajstić information content (AvgIpc) is 2.63. The number of piperidine rings is 1. The number of amides is 1. The van der Waals surface area contributed by atoms with Gasteiger partial charge in [0.2, 0.25) is 0 Å². The monoisotopic (exact) mass is 264 g/mol. The summed E-state index contributed by atoms with van der Waals surface area (Å²) in [6.07, 6.45) is 0.667. The van der Waals surface area contributed by atoms with Crippen molar-refractivity contribution in [2.75, 3.05) is 31.6 Å². The van der Waals surface area contributed by atoms with E-state index < -0.39 is 6.09 Å². The second-order valence-electron chi connectivity index (χ2n) is 5.57. The average molecular weight is 264 g/mol. The summed E-state index contributed by atoms with van der Waals surface area (Å²) in [4.78, 5) is 14.6. The van der Waals surface area contributed by atoms with Crippen LogP contribution < -0.4 is 4.90 Å². The van der Waals surface area contributed by atoms with Gasteiger partial charge in [-0.3, -0.25) is 0 Å². The van der Waals surface area contributed by atoms with Crippen molar-refractivity contribution in [3.05, 3.63) is 29.6 Å². The quantitative estimate of drug-likeness (QED) is 0.782. The summed E-state index contributed by atoms with van der Waals surface area (Å²) >= 11 is 0. The van der Waals surface area contributed by atoms with Gasteiger partial charge in [0.1, 0.15) is 5.82 Å². The molecule has 1 saturated heterocycles. The molecule has 2 aliphatic rings. The van der Waals surface area contributed by atoms with Crippen LogP contribution in [0.3, 0.4) is 0 Å². The minimum atomic E-state index is -0.860. The Morgan fingerprint density at radius 2 is 2.05 bits per heavy atom. The van der Waals surface area contributed by atoms with Crippen molar-refractivity contribution >= 4 is 11.8 Å². The fourth-order valence-corrected chi connectivity index (χ4v) is 3.44. The van der Waals surface area contributed by atoms with Gasteiger partial charge in [-0.1, -0.05) is 0 Å². The van der Waals surface area contributed by atoms with E-state index in [1.54, 1.807) is 6.07 Å². The third-order valence-corrected chi connectivity index (χ3v) is 4.47. The zero-order valence-electron chi connectivity index (χ0n) is 10.9. The second kappa shape index (κ2) is 4.11. The van der Waals surface area contributed by atoms with Gasteiger partial charge in [-0.2, -0.15) is 0 Å². The van der Waals surface area contributed by atoms with Crippen LogP contribution in [0.25, 0.3) is 0 Å². The Bertz CT molecular complexity index is 524. The predicted molar refractivity (Wildman–Crippen MR) is 70.2 cm³/mol. The van der Waals surface area contributed by atoms with Crippen LogP contribution in [0.5, 0.6) is 0 Å². The van der Waals surface area contributed by atoms with E-state index in [1.165, 1.54) is 11.0 Å². The number of rotatable bonds is 0. The minimum absolute atomic E-state index is 0.0852. The molecule has 1 spiro atoms. The summed E-state index contributed by atoms with van der Waals surface area (Å²) in [5, 5.41) is 9.02. The van der Waals surface area contributed by atoms with E-state index >= 15 is 0 Å². The molecule has 1 fully saturated rings. The summed E-state index contributed by atoms with van der Waals surface area (Å²) in [6, 6.07) is 4.93. The first-order chi connectivity index (χ1) is 9.02. The fourth-order valence-electron chi connectivity index (χ4n) is 3.44. The molecule has 1 amide bonds. The van der Waals surface area contributed by atoms with Crippen molar-refractivity contribution in [1.82, 2.24) is 4.90 Å². The Kier molecular flexibility index (Phi) is 2.66. The molecule has 0 radical (unpaired) electrons. The van der Waals surface area contributed by atoms with Crippen LogP contribution in [0.15, 0.2) is 18.2 Å². The first kappa shape index (κ1) is 12.3. The molecular weight excluding hydrogens is 247 g/mol. The normalized spacial score (nSPS) is 20.7. The molecule has 2 aliphatic heterocycles. The van der Waals surface area contributed by atoms with Crippen LogP contribution in [0.1, 0.15) is 18.4 Å². The maximum Gasteiger partial charge on any atom is 0.407 e. The lowest BCUT2D eigenvalue weighted by molar-refractivity contribution is 0.119. The molecular formula is C14H17FN2O2. The predicted octanol–water partition coefficient (Wildman–Crippen LogP) is 2.29. The molecule has 0 atom stereocenters. The van der Waals surface area contributed by atoms with E-state index in [1.807, 2.05) is 13.1 Å². The van der Waals surface area contributed by atoms with Crippen molar-refractivity contribution in [1.29, 1.82) is 0 Å². The standard InChI is InChI=1S/C14H17FN2O2/c1-16-9-14(4-6-17(7-5-14)13(18)19)11-8-10(15)2-3-12(11)16/h2-3,8H,4-7,9H2,1H3,(H,18,19). The highest BCUT2D eigenvalue weighted by Gasteiger charge is 2.44. The SMILES string of the molecule is CN1CC2(CCN(C(=O)O)CC2)c2cc(F)ccc21. The van der Waals surface area contributed by atoms with E-state index in [-0.39, 0.29) is 11.2 Å². The Labute approximate surface area is 111 Å². The maximum atomic E-state index is 13.5. The molecule has 4 nitrogen and oxygen atoms in total. The number of likely N-dealkylation sites (tertiary alicyclic amines) is 1. The molecule has 0 aromatic heterocycles. The molecule has 0 aliphatic carbocycles. The second-order valence-corrected chi connectivity index (χ2v) is 5.57. The van der Waals surface area contributed by atoms with Crippen LogP contribution in [-0.4, -0.2) is 42.8 Å². The number of hydrogen-bond acceptors (Lipinski definition) is 2. The highest BCUT2D eigenvalue weighted by Crippen LogP contribution is 2.46. The maximum absolute atomic E-state index is 13.5. The highest BCUT2D eigenvalue weighted by molar-refractivity contribution is 5.66. The van der Waals surface area contributed by atoms with Crippen molar-refractivity contribution in [3.63, 3.8) is 0 Å². The van der Waals surface area contributed by atoms with E-state index in [4.69, 9.17) is 5.11 Å². The summed E-state index contributed by atoms with van der Waals surface area (Å²) in [7, 11) is 2.01. The van der Waals surface area contributed by atoms with E-state index in [9.17, 15) is 9.18 Å². The molecule has 0 unspecified atom stereocenters. The highest BCUT2D eigenvalue weighted by atomic mass is 19.1. The van der Waals surface area contributed by atoms with Gasteiger partial charge < -0.3 is 14.9 Å². The molecule has 0 saturated carbocycles. The molecule has 1 aromatic rings. The first-order valence-electron chi connectivity index (χ1n) is 6.51. The van der Waals surface area contributed by atoms with Gasteiger partial charge in [-0.25, -0.2) is 9.18 Å². The summed E-state index contributed by atoms with van der Waals surface area (Å²) in [6.45, 7) is 1.90. The van der Waals surface area contributed by atoms with Gasteiger partial charge >= 0.3 is 6.09 Å². The Morgan fingerprint density at radius 3 is 2.68 bits per heavy atom. The van der Waals surface area contributed by atoms with Gasteiger partial charge in [0.15, 0.2) is 0 Å². The lowest BCUT2D eigenvalue weighted by Crippen LogP contribution is -2.46. The van der Waals surface area contributed by atoms with Gasteiger partial charge in [0.05, 0.1) is 0 Å².